The number of hydrogen-bond donors (Lipinski definition) is 1. The van der Waals surface area contributed by atoms with Gasteiger partial charge in [-0.05, 0) is 37.0 Å². The van der Waals surface area contributed by atoms with Gasteiger partial charge in [0.2, 0.25) is 10.0 Å². The number of aryl methyl sites for hydroxylation is 1. The Labute approximate surface area is 114 Å². The van der Waals surface area contributed by atoms with E-state index < -0.39 is 10.0 Å². The van der Waals surface area contributed by atoms with E-state index in [4.69, 9.17) is 11.6 Å². The molecule has 0 fully saturated rings. The molecule has 1 aromatic heterocycles. The Morgan fingerprint density at radius 2 is 2.06 bits per heavy atom. The van der Waals surface area contributed by atoms with Crippen LogP contribution in [0.4, 0.5) is 0 Å². The largest absolute Gasteiger partial charge is 0.265 e. The van der Waals surface area contributed by atoms with E-state index in [9.17, 15) is 8.42 Å². The lowest BCUT2D eigenvalue weighted by Gasteiger charge is -2.15. The number of halogens is 1. The van der Waals surface area contributed by atoms with E-state index in [1.165, 1.54) is 0 Å². The molecule has 0 aliphatic carbocycles. The van der Waals surface area contributed by atoms with Crippen molar-refractivity contribution < 1.29 is 8.42 Å². The molecule has 6 heteroatoms. The van der Waals surface area contributed by atoms with Gasteiger partial charge in [-0.15, -0.1) is 11.6 Å². The highest BCUT2D eigenvalue weighted by Crippen LogP contribution is 2.04. The Kier molecular flexibility index (Phi) is 6.60. The van der Waals surface area contributed by atoms with Crippen LogP contribution in [0.15, 0.2) is 24.5 Å². The fraction of sp³-hybridized carbons (Fsp3) is 0.583. The van der Waals surface area contributed by atoms with Crippen LogP contribution in [0.25, 0.3) is 0 Å². The lowest BCUT2D eigenvalue weighted by atomic mass is 10.2. The number of sulfonamides is 1. The molecule has 1 heterocycles. The van der Waals surface area contributed by atoms with Crippen LogP contribution < -0.4 is 4.72 Å². The fourth-order valence-electron chi connectivity index (χ4n) is 1.59. The Morgan fingerprint density at radius 1 is 1.39 bits per heavy atom. The zero-order chi connectivity index (χ0) is 13.4. The molecular formula is C12H19ClN2O2S. The van der Waals surface area contributed by atoms with Crippen molar-refractivity contribution in [2.75, 3.05) is 11.6 Å². The molecule has 0 aromatic carbocycles. The van der Waals surface area contributed by atoms with Gasteiger partial charge < -0.3 is 0 Å². The average Bonchev–Trinajstić information content (AvgIpc) is 2.37. The number of nitrogens with one attached hydrogen (secondary N) is 1. The minimum absolute atomic E-state index is 0.0649. The van der Waals surface area contributed by atoms with E-state index in [0.29, 0.717) is 18.7 Å². The molecule has 0 amide bonds. The normalized spacial score (nSPS) is 13.4. The summed E-state index contributed by atoms with van der Waals surface area (Å²) in [5.74, 6) is 0.557. The highest BCUT2D eigenvalue weighted by Gasteiger charge is 2.15. The van der Waals surface area contributed by atoms with Gasteiger partial charge >= 0.3 is 0 Å². The molecule has 0 radical (unpaired) electrons. The molecule has 18 heavy (non-hydrogen) atoms. The van der Waals surface area contributed by atoms with Crippen LogP contribution in [-0.2, 0) is 16.4 Å². The summed E-state index contributed by atoms with van der Waals surface area (Å²) in [4.78, 5) is 3.90. The zero-order valence-corrected chi connectivity index (χ0v) is 12.0. The lowest BCUT2D eigenvalue weighted by Crippen LogP contribution is -2.36. The van der Waals surface area contributed by atoms with Crippen molar-refractivity contribution in [2.24, 2.45) is 0 Å². The van der Waals surface area contributed by atoms with Gasteiger partial charge in [0.15, 0.2) is 0 Å². The van der Waals surface area contributed by atoms with E-state index in [1.807, 2.05) is 19.1 Å². The molecule has 0 aliphatic rings. The molecule has 1 unspecified atom stereocenters. The second-order valence-corrected chi connectivity index (χ2v) is 6.38. The highest BCUT2D eigenvalue weighted by atomic mass is 35.5. The Hall–Kier alpha value is -0.650. The third-order valence-corrected chi connectivity index (χ3v) is 4.36. The number of rotatable bonds is 8. The first-order chi connectivity index (χ1) is 8.57. The van der Waals surface area contributed by atoms with Crippen molar-refractivity contribution in [2.45, 2.75) is 32.2 Å². The van der Waals surface area contributed by atoms with E-state index in [2.05, 4.69) is 9.71 Å². The molecular weight excluding hydrogens is 272 g/mol. The van der Waals surface area contributed by atoms with Gasteiger partial charge in [0.25, 0.3) is 0 Å². The van der Waals surface area contributed by atoms with Crippen molar-refractivity contribution in [1.29, 1.82) is 0 Å². The van der Waals surface area contributed by atoms with Crippen molar-refractivity contribution in [1.82, 2.24) is 9.71 Å². The summed E-state index contributed by atoms with van der Waals surface area (Å²) >= 11 is 5.64. The first-order valence-corrected chi connectivity index (χ1v) is 8.21. The average molecular weight is 291 g/mol. The molecule has 4 nitrogen and oxygen atoms in total. The van der Waals surface area contributed by atoms with Crippen molar-refractivity contribution >= 4 is 21.6 Å². The van der Waals surface area contributed by atoms with Crippen LogP contribution in [0.5, 0.6) is 0 Å². The van der Waals surface area contributed by atoms with Gasteiger partial charge in [-0.2, -0.15) is 0 Å². The van der Waals surface area contributed by atoms with Crippen LogP contribution >= 0.6 is 11.6 Å². The molecule has 1 aromatic rings. The maximum Gasteiger partial charge on any atom is 0.212 e. The fourth-order valence-corrected chi connectivity index (χ4v) is 3.27. The molecule has 1 atom stereocenters. The summed E-state index contributed by atoms with van der Waals surface area (Å²) < 4.78 is 26.4. The summed E-state index contributed by atoms with van der Waals surface area (Å²) in [7, 11) is -3.24. The van der Waals surface area contributed by atoms with E-state index in [1.54, 1.807) is 12.4 Å². The van der Waals surface area contributed by atoms with Crippen molar-refractivity contribution in [3.05, 3.63) is 30.1 Å². The molecule has 1 N–H and O–H groups in total. The molecule has 0 bridgehead atoms. The Bertz CT molecular complexity index is 437. The predicted molar refractivity (Wildman–Crippen MR) is 74.3 cm³/mol. The quantitative estimate of drug-likeness (QED) is 0.745. The second kappa shape index (κ2) is 7.71. The first kappa shape index (κ1) is 15.4. The van der Waals surface area contributed by atoms with Gasteiger partial charge in [-0.1, -0.05) is 6.92 Å². The molecule has 0 aliphatic heterocycles. The van der Waals surface area contributed by atoms with E-state index in [-0.39, 0.29) is 11.8 Å². The SMILES string of the molecule is CCC(CCCl)NS(=O)(=O)CCc1ccncc1. The molecule has 0 saturated heterocycles. The summed E-state index contributed by atoms with van der Waals surface area (Å²) in [6.45, 7) is 1.95. The van der Waals surface area contributed by atoms with Gasteiger partial charge in [0, 0.05) is 24.3 Å². The van der Waals surface area contributed by atoms with Crippen molar-refractivity contribution in [3.8, 4) is 0 Å². The second-order valence-electron chi connectivity index (χ2n) is 4.13. The summed E-state index contributed by atoms with van der Waals surface area (Å²) in [6, 6.07) is 3.59. The van der Waals surface area contributed by atoms with Gasteiger partial charge in [-0.25, -0.2) is 13.1 Å². The molecule has 0 spiro atoms. The molecule has 102 valence electrons. The minimum atomic E-state index is -3.24. The van der Waals surface area contributed by atoms with Gasteiger partial charge in [0.1, 0.15) is 0 Å². The minimum Gasteiger partial charge on any atom is -0.265 e. The highest BCUT2D eigenvalue weighted by molar-refractivity contribution is 7.89. The Morgan fingerprint density at radius 3 is 2.61 bits per heavy atom. The van der Waals surface area contributed by atoms with E-state index in [0.717, 1.165) is 12.0 Å². The van der Waals surface area contributed by atoms with Crippen molar-refractivity contribution in [3.63, 3.8) is 0 Å². The third-order valence-electron chi connectivity index (χ3n) is 2.71. The van der Waals surface area contributed by atoms with Gasteiger partial charge in [-0.3, -0.25) is 4.98 Å². The summed E-state index contributed by atoms with van der Waals surface area (Å²) in [6.07, 6.45) is 5.23. The summed E-state index contributed by atoms with van der Waals surface area (Å²) in [5.41, 5.74) is 0.973. The number of aromatic nitrogens is 1. The van der Waals surface area contributed by atoms with Crippen LogP contribution in [0.3, 0.4) is 0 Å². The number of hydrogen-bond acceptors (Lipinski definition) is 3. The first-order valence-electron chi connectivity index (χ1n) is 6.02. The number of pyridine rings is 1. The third kappa shape index (κ3) is 5.80. The lowest BCUT2D eigenvalue weighted by molar-refractivity contribution is 0.531. The van der Waals surface area contributed by atoms with Crippen LogP contribution in [-0.4, -0.2) is 31.1 Å². The number of alkyl halides is 1. The summed E-state index contributed by atoms with van der Waals surface area (Å²) in [5, 5.41) is 0. The smallest absolute Gasteiger partial charge is 0.212 e. The van der Waals surface area contributed by atoms with E-state index >= 15 is 0 Å². The van der Waals surface area contributed by atoms with Crippen LogP contribution in [0, 0.1) is 0 Å². The molecule has 1 rings (SSSR count). The van der Waals surface area contributed by atoms with Crippen LogP contribution in [0.2, 0.25) is 0 Å². The topological polar surface area (TPSA) is 59.1 Å². The maximum absolute atomic E-state index is 11.9. The zero-order valence-electron chi connectivity index (χ0n) is 10.5. The monoisotopic (exact) mass is 290 g/mol. The molecule has 0 saturated carbocycles. The van der Waals surface area contributed by atoms with Crippen LogP contribution in [0.1, 0.15) is 25.3 Å². The Balaban J connectivity index is 2.49. The predicted octanol–water partition coefficient (Wildman–Crippen LogP) is 1.95. The van der Waals surface area contributed by atoms with Gasteiger partial charge in [0.05, 0.1) is 5.75 Å². The standard InChI is InChI=1S/C12H19ClN2O2S/c1-2-12(3-7-13)15-18(16,17)10-6-11-4-8-14-9-5-11/h4-5,8-9,12,15H,2-3,6-7,10H2,1H3. The maximum atomic E-state index is 11.9. The number of nitrogens with zero attached hydrogens (tertiary/aromatic N) is 1.